The maximum absolute atomic E-state index is 6.50. The van der Waals surface area contributed by atoms with Gasteiger partial charge in [0.2, 0.25) is 11.8 Å². The molecule has 0 radical (unpaired) electrons. The van der Waals surface area contributed by atoms with Crippen LogP contribution in [0.25, 0.3) is 89.0 Å². The molecule has 0 atom stereocenters. The Morgan fingerprint density at radius 1 is 0.392 bits per heavy atom. The van der Waals surface area contributed by atoms with Gasteiger partial charge in [-0.3, -0.25) is 0 Å². The van der Waals surface area contributed by atoms with Crippen molar-refractivity contribution < 1.29 is 13.3 Å². The van der Waals surface area contributed by atoms with Gasteiger partial charge in [-0.2, -0.15) is 0 Å². The summed E-state index contributed by atoms with van der Waals surface area (Å²) in [6, 6.07) is 38.6. The number of hydrogen-bond acceptors (Lipinski definition) is 5. The Kier molecular flexibility index (Phi) is 7.57. The minimum Gasteiger partial charge on any atom is -0.455 e. The van der Waals surface area contributed by atoms with Crippen molar-refractivity contribution in [2.45, 2.75) is 53.4 Å². The van der Waals surface area contributed by atoms with Gasteiger partial charge >= 0.3 is 0 Å². The van der Waals surface area contributed by atoms with Gasteiger partial charge in [-0.25, -0.2) is 0 Å². The maximum Gasteiger partial charge on any atom is 0.248 e. The van der Waals surface area contributed by atoms with Gasteiger partial charge < -0.3 is 13.3 Å². The standard InChI is InChI=1S/C46H38N2O3/c1-5-27-15-17-41-37(19-27)39-23-29(7-3)21-35(43(39)49-41)31-11-9-13-33(25-31)45-47-48-46(51-45)34-14-10-12-32(26-34)36-22-30(8-4)24-40-38-20-28(6-2)16-18-42(38)50-44(36)40/h9-26H,5-8H2,1-4H3. The summed E-state index contributed by atoms with van der Waals surface area (Å²) in [5.41, 5.74) is 14.7. The number of nitrogens with zero attached hydrogens (tertiary/aromatic N) is 2. The SMILES string of the molecule is CCc1ccc2oc3c(-c4cccc(-c5nnc(-c6cccc(-c7cc(CC)cc8c7oc7ccc(CC)cc78)c6)o5)c4)cc(CC)cc3c2c1. The van der Waals surface area contributed by atoms with Gasteiger partial charge in [-0.15, -0.1) is 10.2 Å². The predicted octanol–water partition coefficient (Wildman–Crippen LogP) is 12.8. The first-order valence-electron chi connectivity index (χ1n) is 18.0. The van der Waals surface area contributed by atoms with Gasteiger partial charge in [0.15, 0.2) is 0 Å². The third-order valence-corrected chi connectivity index (χ3v) is 10.3. The first kappa shape index (κ1) is 31.1. The van der Waals surface area contributed by atoms with Gasteiger partial charge in [0, 0.05) is 43.8 Å². The van der Waals surface area contributed by atoms with E-state index < -0.39 is 0 Å². The molecule has 0 fully saturated rings. The lowest BCUT2D eigenvalue weighted by atomic mass is 9.96. The molecule has 0 N–H and O–H groups in total. The van der Waals surface area contributed by atoms with Crippen molar-refractivity contribution in [2.75, 3.05) is 0 Å². The van der Waals surface area contributed by atoms with Crippen molar-refractivity contribution in [1.82, 2.24) is 10.2 Å². The van der Waals surface area contributed by atoms with Crippen LogP contribution in [0.4, 0.5) is 0 Å². The van der Waals surface area contributed by atoms with Gasteiger partial charge in [0.05, 0.1) is 0 Å². The minimum atomic E-state index is 0.469. The molecule has 0 unspecified atom stereocenters. The van der Waals surface area contributed by atoms with E-state index in [4.69, 9.17) is 13.3 Å². The van der Waals surface area contributed by atoms with Crippen molar-refractivity contribution >= 4 is 43.9 Å². The highest BCUT2D eigenvalue weighted by atomic mass is 16.4. The Morgan fingerprint density at radius 2 is 0.804 bits per heavy atom. The second-order valence-electron chi connectivity index (χ2n) is 13.4. The summed E-state index contributed by atoms with van der Waals surface area (Å²) in [6.45, 7) is 8.75. The summed E-state index contributed by atoms with van der Waals surface area (Å²) >= 11 is 0. The Bertz CT molecular complexity index is 2570. The quantitative estimate of drug-likeness (QED) is 0.161. The number of furan rings is 2. The van der Waals surface area contributed by atoms with Crippen LogP contribution in [0.3, 0.4) is 0 Å². The van der Waals surface area contributed by atoms with Gasteiger partial charge in [0.25, 0.3) is 0 Å². The number of rotatable bonds is 8. The summed E-state index contributed by atoms with van der Waals surface area (Å²) in [5, 5.41) is 13.6. The van der Waals surface area contributed by atoms with E-state index in [0.29, 0.717) is 11.8 Å². The lowest BCUT2D eigenvalue weighted by Gasteiger charge is -2.08. The Labute approximate surface area is 296 Å². The Morgan fingerprint density at radius 3 is 1.24 bits per heavy atom. The third-order valence-electron chi connectivity index (χ3n) is 10.3. The lowest BCUT2D eigenvalue weighted by molar-refractivity contribution is 0.584. The zero-order chi connectivity index (χ0) is 34.6. The van der Waals surface area contributed by atoms with Crippen LogP contribution in [0.1, 0.15) is 49.9 Å². The monoisotopic (exact) mass is 666 g/mol. The van der Waals surface area contributed by atoms with Crippen molar-refractivity contribution in [2.24, 2.45) is 0 Å². The van der Waals surface area contributed by atoms with E-state index in [0.717, 1.165) is 103 Å². The van der Waals surface area contributed by atoms with Crippen LogP contribution in [0.15, 0.2) is 122 Å². The first-order chi connectivity index (χ1) is 25.0. The summed E-state index contributed by atoms with van der Waals surface area (Å²) in [5.74, 6) is 0.938. The Balaban J connectivity index is 1.10. The molecule has 0 aliphatic carbocycles. The summed E-state index contributed by atoms with van der Waals surface area (Å²) in [4.78, 5) is 0. The van der Waals surface area contributed by atoms with Crippen LogP contribution in [0, 0.1) is 0 Å². The van der Waals surface area contributed by atoms with E-state index in [-0.39, 0.29) is 0 Å². The fourth-order valence-corrected chi connectivity index (χ4v) is 7.34. The molecule has 6 aromatic carbocycles. The van der Waals surface area contributed by atoms with E-state index in [1.54, 1.807) is 0 Å². The molecule has 9 aromatic rings. The highest BCUT2D eigenvalue weighted by Gasteiger charge is 2.19. The lowest BCUT2D eigenvalue weighted by Crippen LogP contribution is -1.86. The normalized spacial score (nSPS) is 11.8. The molecule has 5 heteroatoms. The summed E-state index contributed by atoms with van der Waals surface area (Å²) < 4.78 is 19.4. The number of aromatic nitrogens is 2. The average Bonchev–Trinajstić information content (AvgIpc) is 3.92. The fraction of sp³-hybridized carbons (Fsp3) is 0.174. The van der Waals surface area contributed by atoms with Crippen LogP contribution in [-0.2, 0) is 25.7 Å². The highest BCUT2D eigenvalue weighted by Crippen LogP contribution is 2.41. The molecule has 0 bridgehead atoms. The largest absolute Gasteiger partial charge is 0.455 e. The van der Waals surface area contributed by atoms with E-state index in [9.17, 15) is 0 Å². The zero-order valence-electron chi connectivity index (χ0n) is 29.3. The molecule has 0 aliphatic heterocycles. The summed E-state index contributed by atoms with van der Waals surface area (Å²) in [6.07, 6.45) is 3.83. The highest BCUT2D eigenvalue weighted by molar-refractivity contribution is 6.11. The van der Waals surface area contributed by atoms with Crippen LogP contribution in [0.2, 0.25) is 0 Å². The molecule has 3 aromatic heterocycles. The van der Waals surface area contributed by atoms with E-state index in [1.807, 2.05) is 24.3 Å². The molecule has 0 amide bonds. The van der Waals surface area contributed by atoms with Gasteiger partial charge in [0.1, 0.15) is 22.3 Å². The molecule has 0 saturated heterocycles. The average molecular weight is 667 g/mol. The molecule has 3 heterocycles. The molecular formula is C46H38N2O3. The maximum atomic E-state index is 6.50. The molecule has 5 nitrogen and oxygen atoms in total. The molecule has 51 heavy (non-hydrogen) atoms. The number of fused-ring (bicyclic) bond motifs is 6. The van der Waals surface area contributed by atoms with E-state index >= 15 is 0 Å². The number of hydrogen-bond donors (Lipinski definition) is 0. The molecule has 0 aliphatic rings. The van der Waals surface area contributed by atoms with Crippen LogP contribution >= 0.6 is 0 Å². The topological polar surface area (TPSA) is 65.2 Å². The Hall–Kier alpha value is -5.94. The second-order valence-corrected chi connectivity index (χ2v) is 13.4. The molecular weight excluding hydrogens is 629 g/mol. The van der Waals surface area contributed by atoms with Crippen molar-refractivity contribution in [3.8, 4) is 45.2 Å². The third kappa shape index (κ3) is 5.32. The second kappa shape index (κ2) is 12.4. The van der Waals surface area contributed by atoms with Crippen LogP contribution < -0.4 is 0 Å². The molecule has 250 valence electrons. The molecule has 0 saturated carbocycles. The predicted molar refractivity (Wildman–Crippen MR) is 208 cm³/mol. The number of benzene rings is 6. The van der Waals surface area contributed by atoms with Crippen LogP contribution in [-0.4, -0.2) is 10.2 Å². The minimum absolute atomic E-state index is 0.469. The zero-order valence-corrected chi connectivity index (χ0v) is 29.3. The van der Waals surface area contributed by atoms with Crippen LogP contribution in [0.5, 0.6) is 0 Å². The van der Waals surface area contributed by atoms with Crippen molar-refractivity contribution in [1.29, 1.82) is 0 Å². The van der Waals surface area contributed by atoms with E-state index in [1.165, 1.54) is 22.3 Å². The first-order valence-corrected chi connectivity index (χ1v) is 18.0. The van der Waals surface area contributed by atoms with Crippen molar-refractivity contribution in [3.63, 3.8) is 0 Å². The number of aryl methyl sites for hydroxylation is 4. The van der Waals surface area contributed by atoms with E-state index in [2.05, 4.69) is 123 Å². The molecule has 0 spiro atoms. The van der Waals surface area contributed by atoms with Gasteiger partial charge in [-0.05, 0) is 132 Å². The van der Waals surface area contributed by atoms with Crippen molar-refractivity contribution in [3.05, 3.63) is 131 Å². The van der Waals surface area contributed by atoms with Gasteiger partial charge in [-0.1, -0.05) is 64.1 Å². The fourth-order valence-electron chi connectivity index (χ4n) is 7.34. The molecule has 9 rings (SSSR count). The smallest absolute Gasteiger partial charge is 0.248 e. The summed E-state index contributed by atoms with van der Waals surface area (Å²) in [7, 11) is 0.